The first-order chi connectivity index (χ1) is 6.59. The maximum absolute atomic E-state index is 9.23. The van der Waals surface area contributed by atoms with Crippen LogP contribution >= 0.6 is 0 Å². The summed E-state index contributed by atoms with van der Waals surface area (Å²) in [6, 6.07) is 5.22. The summed E-state index contributed by atoms with van der Waals surface area (Å²) in [7, 11) is 0. The molecule has 1 rings (SSSR count). The van der Waals surface area contributed by atoms with Gasteiger partial charge in [0.1, 0.15) is 0 Å². The fourth-order valence-electron chi connectivity index (χ4n) is 1.18. The summed E-state index contributed by atoms with van der Waals surface area (Å²) >= 11 is 0. The average Bonchev–Trinajstić information content (AvgIpc) is 2.10. The lowest BCUT2D eigenvalue weighted by atomic mass is 10.1. The Labute approximate surface area is 84.4 Å². The number of phenols is 2. The van der Waals surface area contributed by atoms with Gasteiger partial charge in [-0.3, -0.25) is 0 Å². The van der Waals surface area contributed by atoms with E-state index in [1.807, 2.05) is 13.8 Å². The highest BCUT2D eigenvalue weighted by Gasteiger charge is 2.01. The monoisotopic (exact) mass is 194 g/mol. The second kappa shape index (κ2) is 4.86. The Morgan fingerprint density at radius 2 is 1.93 bits per heavy atom. The van der Waals surface area contributed by atoms with Crippen LogP contribution in [0.15, 0.2) is 18.2 Å². The summed E-state index contributed by atoms with van der Waals surface area (Å²) in [6.07, 6.45) is 0.798. The first-order valence-corrected chi connectivity index (χ1v) is 4.77. The number of phenolic OH excluding ortho intramolecular Hbond substituents is 2. The lowest BCUT2D eigenvalue weighted by molar-refractivity contribution is 0.403. The topological polar surface area (TPSA) is 54.6 Å². The van der Waals surface area contributed by atoms with Gasteiger partial charge < -0.3 is 10.2 Å². The molecule has 0 amide bonds. The van der Waals surface area contributed by atoms with Crippen molar-refractivity contribution in [3.63, 3.8) is 0 Å². The zero-order valence-corrected chi connectivity index (χ0v) is 8.57. The van der Waals surface area contributed by atoms with Gasteiger partial charge in [-0.2, -0.15) is 0 Å². The molecule has 0 aliphatic rings. The molecule has 0 aliphatic heterocycles. The molecule has 14 heavy (non-hydrogen) atoms. The van der Waals surface area contributed by atoms with Crippen molar-refractivity contribution in [2.24, 2.45) is 0 Å². The number of nitrogens with zero attached hydrogens (tertiary/aromatic N) is 1. The van der Waals surface area contributed by atoms with Crippen LogP contribution in [0, 0.1) is 0 Å². The Bertz CT molecular complexity index is 297. The third kappa shape index (κ3) is 3.26. The van der Waals surface area contributed by atoms with E-state index in [4.69, 9.17) is 5.11 Å². The molecule has 0 saturated carbocycles. The largest absolute Gasteiger partial charge is 0.504 e. The van der Waals surface area contributed by atoms with Crippen LogP contribution < -0.4 is 5.32 Å². The maximum Gasteiger partial charge on any atom is 0.157 e. The highest BCUT2D eigenvalue weighted by atomic mass is 16.3. The molecule has 0 heterocycles. The molecule has 0 bridgehead atoms. The minimum absolute atomic E-state index is 0.0629. The van der Waals surface area contributed by atoms with E-state index in [1.165, 1.54) is 6.07 Å². The standard InChI is InChI=1S/C11H16NO2/c1-8(2)12-6-5-9-3-4-10(13)11(14)7-9/h3-4,7-8,13-14H,5-6H2,1-2H3. The van der Waals surface area contributed by atoms with Crippen molar-refractivity contribution in [3.05, 3.63) is 23.8 Å². The molecule has 2 N–H and O–H groups in total. The van der Waals surface area contributed by atoms with E-state index in [0.717, 1.165) is 18.5 Å². The van der Waals surface area contributed by atoms with E-state index < -0.39 is 0 Å². The molecule has 0 saturated heterocycles. The van der Waals surface area contributed by atoms with Crippen LogP contribution in [0.4, 0.5) is 0 Å². The first-order valence-electron chi connectivity index (χ1n) is 4.77. The minimum atomic E-state index is -0.0745. The van der Waals surface area contributed by atoms with Gasteiger partial charge in [0.15, 0.2) is 11.5 Å². The molecule has 3 nitrogen and oxygen atoms in total. The normalized spacial score (nSPS) is 10.8. The van der Waals surface area contributed by atoms with E-state index in [9.17, 15) is 5.11 Å². The second-order valence-corrected chi connectivity index (χ2v) is 3.57. The molecule has 1 aromatic carbocycles. The van der Waals surface area contributed by atoms with E-state index in [0.29, 0.717) is 6.04 Å². The van der Waals surface area contributed by atoms with Gasteiger partial charge in [-0.05, 0) is 38.0 Å². The van der Waals surface area contributed by atoms with E-state index >= 15 is 0 Å². The predicted octanol–water partition coefficient (Wildman–Crippen LogP) is 1.65. The van der Waals surface area contributed by atoms with Crippen molar-refractivity contribution < 1.29 is 10.2 Å². The second-order valence-electron chi connectivity index (χ2n) is 3.57. The van der Waals surface area contributed by atoms with Crippen molar-refractivity contribution in [2.75, 3.05) is 6.54 Å². The third-order valence-corrected chi connectivity index (χ3v) is 1.93. The van der Waals surface area contributed by atoms with Gasteiger partial charge in [-0.15, -0.1) is 0 Å². The summed E-state index contributed by atoms with van der Waals surface area (Å²) in [4.78, 5) is 0. The molecule has 77 valence electrons. The molecule has 0 spiro atoms. The molecule has 0 unspecified atom stereocenters. The van der Waals surface area contributed by atoms with Crippen LogP contribution in [0.5, 0.6) is 11.5 Å². The Hall–Kier alpha value is -1.22. The zero-order chi connectivity index (χ0) is 10.6. The van der Waals surface area contributed by atoms with E-state index in [-0.39, 0.29) is 11.5 Å². The van der Waals surface area contributed by atoms with Gasteiger partial charge in [0.05, 0.1) is 0 Å². The van der Waals surface area contributed by atoms with Crippen molar-refractivity contribution in [1.82, 2.24) is 5.32 Å². The third-order valence-electron chi connectivity index (χ3n) is 1.93. The number of benzene rings is 1. The number of aromatic hydroxyl groups is 2. The minimum Gasteiger partial charge on any atom is -0.504 e. The summed E-state index contributed by atoms with van der Waals surface area (Å²) in [5, 5.41) is 22.6. The van der Waals surface area contributed by atoms with Crippen molar-refractivity contribution in [3.8, 4) is 11.5 Å². The van der Waals surface area contributed by atoms with Crippen molar-refractivity contribution in [1.29, 1.82) is 0 Å². The molecule has 3 heteroatoms. The lowest BCUT2D eigenvalue weighted by Crippen LogP contribution is -2.17. The molecule has 0 aromatic heterocycles. The summed E-state index contributed by atoms with van der Waals surface area (Å²) < 4.78 is 0. The number of hydrogen-bond donors (Lipinski definition) is 2. The van der Waals surface area contributed by atoms with Gasteiger partial charge in [-0.1, -0.05) is 6.07 Å². The van der Waals surface area contributed by atoms with Crippen LogP contribution in [-0.2, 0) is 6.42 Å². The molecule has 0 atom stereocenters. The molecule has 1 aromatic rings. The summed E-state index contributed by atoms with van der Waals surface area (Å²) in [5.74, 6) is -0.137. The average molecular weight is 194 g/mol. The highest BCUT2D eigenvalue weighted by molar-refractivity contribution is 5.40. The van der Waals surface area contributed by atoms with Crippen molar-refractivity contribution in [2.45, 2.75) is 26.3 Å². The SMILES string of the molecule is CC(C)[N]CCc1ccc(O)c(O)c1. The molecular weight excluding hydrogens is 178 g/mol. The number of hydrogen-bond acceptors (Lipinski definition) is 2. The first kappa shape index (κ1) is 10.9. The molecule has 0 fully saturated rings. The Morgan fingerprint density at radius 1 is 1.21 bits per heavy atom. The molecule has 0 aliphatic carbocycles. The summed E-state index contributed by atoms with van der Waals surface area (Å²) in [6.45, 7) is 4.82. The van der Waals surface area contributed by atoms with Crippen LogP contribution in [0.25, 0.3) is 0 Å². The van der Waals surface area contributed by atoms with Crippen LogP contribution in [0.3, 0.4) is 0 Å². The van der Waals surface area contributed by atoms with Gasteiger partial charge >= 0.3 is 0 Å². The van der Waals surface area contributed by atoms with Crippen LogP contribution in [0.1, 0.15) is 19.4 Å². The van der Waals surface area contributed by atoms with Gasteiger partial charge in [0, 0.05) is 12.6 Å². The van der Waals surface area contributed by atoms with E-state index in [2.05, 4.69) is 5.32 Å². The van der Waals surface area contributed by atoms with Crippen LogP contribution in [0.2, 0.25) is 0 Å². The Morgan fingerprint density at radius 3 is 2.50 bits per heavy atom. The van der Waals surface area contributed by atoms with Gasteiger partial charge in [0.2, 0.25) is 0 Å². The fraction of sp³-hybridized carbons (Fsp3) is 0.455. The lowest BCUT2D eigenvalue weighted by Gasteiger charge is -2.06. The summed E-state index contributed by atoms with van der Waals surface area (Å²) in [5.41, 5.74) is 0.990. The zero-order valence-electron chi connectivity index (χ0n) is 8.57. The van der Waals surface area contributed by atoms with E-state index in [1.54, 1.807) is 12.1 Å². The van der Waals surface area contributed by atoms with Crippen LogP contribution in [-0.4, -0.2) is 22.8 Å². The quantitative estimate of drug-likeness (QED) is 0.716. The van der Waals surface area contributed by atoms with Gasteiger partial charge in [0.25, 0.3) is 0 Å². The predicted molar refractivity (Wildman–Crippen MR) is 55.6 cm³/mol. The highest BCUT2D eigenvalue weighted by Crippen LogP contribution is 2.24. The smallest absolute Gasteiger partial charge is 0.157 e. The molecular formula is C11H16NO2. The number of rotatable bonds is 4. The molecule has 1 radical (unpaired) electrons. The van der Waals surface area contributed by atoms with Crippen molar-refractivity contribution >= 4 is 0 Å². The maximum atomic E-state index is 9.23. The Balaban J connectivity index is 2.47. The fourth-order valence-corrected chi connectivity index (χ4v) is 1.18. The Kier molecular flexibility index (Phi) is 3.77. The van der Waals surface area contributed by atoms with Gasteiger partial charge in [-0.25, -0.2) is 5.32 Å².